The molecule has 0 saturated heterocycles. The van der Waals surface area contributed by atoms with Crippen molar-refractivity contribution in [1.82, 2.24) is 9.88 Å². The van der Waals surface area contributed by atoms with Crippen molar-refractivity contribution in [3.05, 3.63) is 47.3 Å². The second-order valence-corrected chi connectivity index (χ2v) is 5.43. The molecule has 0 amide bonds. The van der Waals surface area contributed by atoms with E-state index in [1.54, 1.807) is 11.1 Å². The molecule has 0 atom stereocenters. The molecule has 0 bridgehead atoms. The predicted molar refractivity (Wildman–Crippen MR) is 73.6 cm³/mol. The smallest absolute Gasteiger partial charge is 0.0360 e. The van der Waals surface area contributed by atoms with Gasteiger partial charge in [-0.3, -0.25) is 0 Å². The van der Waals surface area contributed by atoms with E-state index >= 15 is 0 Å². The fourth-order valence-electron chi connectivity index (χ4n) is 3.24. The number of rotatable bonds is 1. The second-order valence-electron chi connectivity index (χ2n) is 5.43. The van der Waals surface area contributed by atoms with Crippen LogP contribution in [0.3, 0.4) is 0 Å². The van der Waals surface area contributed by atoms with Gasteiger partial charge in [-0.1, -0.05) is 18.2 Å². The van der Waals surface area contributed by atoms with E-state index in [9.17, 15) is 0 Å². The van der Waals surface area contributed by atoms with Gasteiger partial charge in [-0.2, -0.15) is 0 Å². The van der Waals surface area contributed by atoms with E-state index in [0.717, 1.165) is 19.6 Å². The lowest BCUT2D eigenvalue weighted by Crippen LogP contribution is -2.27. The Labute approximate surface area is 108 Å². The van der Waals surface area contributed by atoms with Crippen LogP contribution >= 0.6 is 0 Å². The van der Waals surface area contributed by atoms with Crippen molar-refractivity contribution < 1.29 is 0 Å². The summed E-state index contributed by atoms with van der Waals surface area (Å²) >= 11 is 0. The molecule has 1 aromatic carbocycles. The van der Waals surface area contributed by atoms with Crippen molar-refractivity contribution in [2.24, 2.45) is 0 Å². The van der Waals surface area contributed by atoms with Gasteiger partial charge in [0.15, 0.2) is 0 Å². The van der Waals surface area contributed by atoms with Crippen molar-refractivity contribution in [1.29, 1.82) is 0 Å². The van der Waals surface area contributed by atoms with Crippen molar-refractivity contribution in [2.45, 2.75) is 32.4 Å². The SMILES string of the molecule is c1cc2c(cc1-c1cc3n(c1)CCNC3)CCC2. The molecule has 0 radical (unpaired) electrons. The van der Waals surface area contributed by atoms with Gasteiger partial charge in [-0.05, 0) is 47.6 Å². The summed E-state index contributed by atoms with van der Waals surface area (Å²) in [6, 6.07) is 9.35. The molecule has 92 valence electrons. The Balaban J connectivity index is 1.76. The van der Waals surface area contributed by atoms with E-state index in [-0.39, 0.29) is 0 Å². The Morgan fingerprint density at radius 3 is 2.89 bits per heavy atom. The normalized spacial score (nSPS) is 17.6. The molecule has 2 aromatic rings. The van der Waals surface area contributed by atoms with Gasteiger partial charge in [0.05, 0.1) is 0 Å². The van der Waals surface area contributed by atoms with Crippen LogP contribution < -0.4 is 5.32 Å². The van der Waals surface area contributed by atoms with Crippen LogP contribution in [-0.4, -0.2) is 11.1 Å². The van der Waals surface area contributed by atoms with Crippen molar-refractivity contribution in [3.63, 3.8) is 0 Å². The highest BCUT2D eigenvalue weighted by molar-refractivity contribution is 5.65. The first kappa shape index (κ1) is 10.4. The highest BCUT2D eigenvalue weighted by atomic mass is 15.1. The maximum Gasteiger partial charge on any atom is 0.0360 e. The summed E-state index contributed by atoms with van der Waals surface area (Å²) in [4.78, 5) is 0. The number of benzene rings is 1. The Kier molecular flexibility index (Phi) is 2.30. The first-order valence-electron chi connectivity index (χ1n) is 6.92. The number of hydrogen-bond donors (Lipinski definition) is 1. The fraction of sp³-hybridized carbons (Fsp3) is 0.375. The van der Waals surface area contributed by atoms with E-state index in [4.69, 9.17) is 0 Å². The lowest BCUT2D eigenvalue weighted by atomic mass is 10.0. The zero-order chi connectivity index (χ0) is 11.9. The molecule has 1 aliphatic heterocycles. The molecule has 2 aliphatic rings. The Morgan fingerprint density at radius 1 is 1.00 bits per heavy atom. The topological polar surface area (TPSA) is 17.0 Å². The van der Waals surface area contributed by atoms with Gasteiger partial charge >= 0.3 is 0 Å². The highest BCUT2D eigenvalue weighted by Crippen LogP contribution is 2.29. The summed E-state index contributed by atoms with van der Waals surface area (Å²) < 4.78 is 2.39. The van der Waals surface area contributed by atoms with Crippen molar-refractivity contribution in [3.8, 4) is 11.1 Å². The zero-order valence-electron chi connectivity index (χ0n) is 10.6. The molecule has 1 aliphatic carbocycles. The third-order valence-electron chi connectivity index (χ3n) is 4.25. The average Bonchev–Trinajstić information content (AvgIpc) is 3.04. The Morgan fingerprint density at radius 2 is 1.94 bits per heavy atom. The van der Waals surface area contributed by atoms with E-state index < -0.39 is 0 Å². The largest absolute Gasteiger partial charge is 0.348 e. The van der Waals surface area contributed by atoms with Crippen LogP contribution in [0.2, 0.25) is 0 Å². The average molecular weight is 238 g/mol. The van der Waals surface area contributed by atoms with Gasteiger partial charge in [0.25, 0.3) is 0 Å². The standard InChI is InChI=1S/C16H18N2/c1-2-12-4-5-14(8-13(12)3-1)15-9-16-10-17-6-7-18(16)11-15/h4-5,8-9,11,17H,1-3,6-7,10H2. The Bertz CT molecular complexity index is 572. The first-order chi connectivity index (χ1) is 8.90. The minimum atomic E-state index is 1.00. The minimum Gasteiger partial charge on any atom is -0.348 e. The van der Waals surface area contributed by atoms with Crippen LogP contribution in [0, 0.1) is 0 Å². The monoisotopic (exact) mass is 238 g/mol. The molecular weight excluding hydrogens is 220 g/mol. The van der Waals surface area contributed by atoms with Gasteiger partial charge in [0.2, 0.25) is 0 Å². The van der Waals surface area contributed by atoms with Crippen LogP contribution in [0.1, 0.15) is 23.2 Å². The molecular formula is C16H18N2. The molecule has 18 heavy (non-hydrogen) atoms. The van der Waals surface area contributed by atoms with Gasteiger partial charge in [-0.25, -0.2) is 0 Å². The van der Waals surface area contributed by atoms with E-state index in [1.165, 1.54) is 36.1 Å². The van der Waals surface area contributed by atoms with Crippen molar-refractivity contribution >= 4 is 0 Å². The van der Waals surface area contributed by atoms with Crippen LogP contribution in [0.15, 0.2) is 30.5 Å². The molecule has 2 heterocycles. The molecule has 2 nitrogen and oxygen atoms in total. The second kappa shape index (κ2) is 3.99. The van der Waals surface area contributed by atoms with Crippen molar-refractivity contribution in [2.75, 3.05) is 6.54 Å². The number of aromatic nitrogens is 1. The number of aryl methyl sites for hydroxylation is 2. The zero-order valence-corrected chi connectivity index (χ0v) is 10.6. The van der Waals surface area contributed by atoms with Crippen LogP contribution in [0.25, 0.3) is 11.1 Å². The minimum absolute atomic E-state index is 1.00. The molecule has 2 heteroatoms. The molecule has 0 unspecified atom stereocenters. The quantitative estimate of drug-likeness (QED) is 0.808. The molecule has 1 N–H and O–H groups in total. The van der Waals surface area contributed by atoms with E-state index in [1.807, 2.05) is 0 Å². The third-order valence-corrected chi connectivity index (χ3v) is 4.25. The van der Waals surface area contributed by atoms with Gasteiger partial charge < -0.3 is 9.88 Å². The highest BCUT2D eigenvalue weighted by Gasteiger charge is 2.14. The molecule has 1 aromatic heterocycles. The summed E-state index contributed by atoms with van der Waals surface area (Å²) in [6.07, 6.45) is 6.17. The number of nitrogens with one attached hydrogen (secondary N) is 1. The van der Waals surface area contributed by atoms with Crippen LogP contribution in [0.5, 0.6) is 0 Å². The number of nitrogens with zero attached hydrogens (tertiary/aromatic N) is 1. The van der Waals surface area contributed by atoms with Gasteiger partial charge in [0.1, 0.15) is 0 Å². The summed E-state index contributed by atoms with van der Waals surface area (Å²) in [5, 5.41) is 3.43. The summed E-state index contributed by atoms with van der Waals surface area (Å²) in [7, 11) is 0. The maximum absolute atomic E-state index is 3.43. The first-order valence-corrected chi connectivity index (χ1v) is 6.92. The van der Waals surface area contributed by atoms with Crippen LogP contribution in [-0.2, 0) is 25.9 Å². The predicted octanol–water partition coefficient (Wildman–Crippen LogP) is 2.75. The molecule has 0 saturated carbocycles. The lowest BCUT2D eigenvalue weighted by Gasteiger charge is -2.15. The molecule has 0 spiro atoms. The fourth-order valence-corrected chi connectivity index (χ4v) is 3.24. The van der Waals surface area contributed by atoms with E-state index in [2.05, 4.69) is 40.3 Å². The summed E-state index contributed by atoms with van der Waals surface area (Å²) in [5.74, 6) is 0. The molecule has 4 rings (SSSR count). The molecule has 0 fully saturated rings. The van der Waals surface area contributed by atoms with Gasteiger partial charge in [0, 0.05) is 31.5 Å². The number of hydrogen-bond acceptors (Lipinski definition) is 1. The Hall–Kier alpha value is -1.54. The summed E-state index contributed by atoms with van der Waals surface area (Å²) in [6.45, 7) is 3.19. The number of fused-ring (bicyclic) bond motifs is 2. The van der Waals surface area contributed by atoms with Gasteiger partial charge in [-0.15, -0.1) is 0 Å². The van der Waals surface area contributed by atoms with E-state index in [0.29, 0.717) is 0 Å². The maximum atomic E-state index is 3.43. The summed E-state index contributed by atoms with van der Waals surface area (Å²) in [5.41, 5.74) is 7.30. The van der Waals surface area contributed by atoms with Crippen LogP contribution in [0.4, 0.5) is 0 Å². The lowest BCUT2D eigenvalue weighted by molar-refractivity contribution is 0.517. The third kappa shape index (κ3) is 1.60.